The highest BCUT2D eigenvalue weighted by Crippen LogP contribution is 2.38. The SMILES string of the molecule is COc1cc(/C=C(/C#N)C(=O)N2CCN(c3ccccc3)CC2)cc(Br)c1OCc1ccccc1C#N. The zero-order valence-corrected chi connectivity index (χ0v) is 21.9. The third-order valence-corrected chi connectivity index (χ3v) is 6.70. The van der Waals surface area contributed by atoms with E-state index in [1.807, 2.05) is 30.3 Å². The monoisotopic (exact) mass is 556 g/mol. The number of piperazine rings is 1. The Bertz CT molecular complexity index is 1380. The number of hydrogen-bond donors (Lipinski definition) is 0. The molecule has 1 amide bonds. The minimum atomic E-state index is -0.293. The second kappa shape index (κ2) is 12.1. The largest absolute Gasteiger partial charge is 0.493 e. The van der Waals surface area contributed by atoms with Gasteiger partial charge in [-0.1, -0.05) is 36.4 Å². The highest BCUT2D eigenvalue weighted by atomic mass is 79.9. The first-order chi connectivity index (χ1) is 18.0. The summed E-state index contributed by atoms with van der Waals surface area (Å²) in [6.45, 7) is 2.67. The molecule has 37 heavy (non-hydrogen) atoms. The molecule has 0 spiro atoms. The van der Waals surface area contributed by atoms with Crippen LogP contribution in [0.4, 0.5) is 5.69 Å². The fourth-order valence-corrected chi connectivity index (χ4v) is 4.73. The molecule has 0 bridgehead atoms. The molecule has 1 heterocycles. The molecule has 0 N–H and O–H groups in total. The molecule has 0 saturated carbocycles. The number of nitrogens with zero attached hydrogens (tertiary/aromatic N) is 4. The van der Waals surface area contributed by atoms with Gasteiger partial charge in [-0.3, -0.25) is 4.79 Å². The van der Waals surface area contributed by atoms with Crippen molar-refractivity contribution in [2.24, 2.45) is 0 Å². The molecule has 1 fully saturated rings. The van der Waals surface area contributed by atoms with E-state index in [0.717, 1.165) is 11.3 Å². The summed E-state index contributed by atoms with van der Waals surface area (Å²) in [7, 11) is 1.52. The fourth-order valence-electron chi connectivity index (χ4n) is 4.15. The lowest BCUT2D eigenvalue weighted by Gasteiger charge is -2.36. The molecule has 0 unspecified atom stereocenters. The molecule has 0 aliphatic carbocycles. The number of benzene rings is 3. The van der Waals surface area contributed by atoms with Crippen LogP contribution in [0, 0.1) is 22.7 Å². The van der Waals surface area contributed by atoms with Gasteiger partial charge in [0.2, 0.25) is 0 Å². The lowest BCUT2D eigenvalue weighted by Crippen LogP contribution is -2.49. The Morgan fingerprint density at radius 1 is 1.03 bits per heavy atom. The summed E-state index contributed by atoms with van der Waals surface area (Å²) in [5.74, 6) is 0.615. The standard InChI is InChI=1S/C29H25BrN4O3/c1-36-27-17-21(16-26(30)28(27)37-20-23-8-6-5-7-22(23)18-31)15-24(19-32)29(35)34-13-11-33(12-14-34)25-9-3-2-4-10-25/h2-10,15-17H,11-14,20H2,1H3/b24-15-. The van der Waals surface area contributed by atoms with E-state index >= 15 is 0 Å². The zero-order chi connectivity index (χ0) is 26.2. The van der Waals surface area contributed by atoms with Gasteiger partial charge in [-0.2, -0.15) is 10.5 Å². The maximum Gasteiger partial charge on any atom is 0.264 e. The molecule has 1 aliphatic heterocycles. The Hall–Kier alpha value is -4.27. The molecule has 1 aliphatic rings. The van der Waals surface area contributed by atoms with Gasteiger partial charge in [0.1, 0.15) is 18.2 Å². The summed E-state index contributed by atoms with van der Waals surface area (Å²) in [5.41, 5.74) is 3.10. The van der Waals surface area contributed by atoms with Crippen molar-refractivity contribution in [3.8, 4) is 23.6 Å². The van der Waals surface area contributed by atoms with Crippen molar-refractivity contribution in [3.63, 3.8) is 0 Å². The number of rotatable bonds is 7. The predicted octanol–water partition coefficient (Wildman–Crippen LogP) is 5.16. The number of nitriles is 2. The van der Waals surface area contributed by atoms with E-state index in [4.69, 9.17) is 9.47 Å². The van der Waals surface area contributed by atoms with Gasteiger partial charge in [-0.15, -0.1) is 0 Å². The maximum atomic E-state index is 13.1. The average molecular weight is 557 g/mol. The smallest absolute Gasteiger partial charge is 0.264 e. The van der Waals surface area contributed by atoms with Crippen molar-refractivity contribution < 1.29 is 14.3 Å². The number of ether oxygens (including phenoxy) is 2. The predicted molar refractivity (Wildman–Crippen MR) is 145 cm³/mol. The van der Waals surface area contributed by atoms with Gasteiger partial charge in [-0.05, 0) is 57.9 Å². The van der Waals surface area contributed by atoms with Crippen molar-refractivity contribution >= 4 is 33.6 Å². The second-order valence-electron chi connectivity index (χ2n) is 8.38. The Balaban J connectivity index is 1.48. The fraction of sp³-hybridized carbons (Fsp3) is 0.207. The lowest BCUT2D eigenvalue weighted by molar-refractivity contribution is -0.126. The minimum Gasteiger partial charge on any atom is -0.493 e. The molecule has 0 atom stereocenters. The Morgan fingerprint density at radius 3 is 2.41 bits per heavy atom. The number of methoxy groups -OCH3 is 1. The van der Waals surface area contributed by atoms with Crippen molar-refractivity contribution in [3.05, 3.63) is 93.5 Å². The number of anilines is 1. The topological polar surface area (TPSA) is 89.6 Å². The van der Waals surface area contributed by atoms with E-state index in [2.05, 4.69) is 45.1 Å². The Labute approximate surface area is 224 Å². The molecule has 1 saturated heterocycles. The first-order valence-electron chi connectivity index (χ1n) is 11.7. The molecule has 8 heteroatoms. The summed E-state index contributed by atoms with van der Waals surface area (Å²) in [6.07, 6.45) is 1.56. The third kappa shape index (κ3) is 6.11. The van der Waals surface area contributed by atoms with Gasteiger partial charge >= 0.3 is 0 Å². The molecule has 186 valence electrons. The van der Waals surface area contributed by atoms with Gasteiger partial charge in [0.05, 0.1) is 23.2 Å². The van der Waals surface area contributed by atoms with Crippen molar-refractivity contribution in [2.45, 2.75) is 6.61 Å². The highest BCUT2D eigenvalue weighted by Gasteiger charge is 2.24. The van der Waals surface area contributed by atoms with Crippen LogP contribution in [0.1, 0.15) is 16.7 Å². The molecular formula is C29H25BrN4O3. The summed E-state index contributed by atoms with van der Waals surface area (Å²) in [5, 5.41) is 19.1. The van der Waals surface area contributed by atoms with E-state index in [9.17, 15) is 15.3 Å². The molecule has 3 aromatic rings. The molecule has 4 rings (SSSR count). The van der Waals surface area contributed by atoms with E-state index in [-0.39, 0.29) is 18.1 Å². The van der Waals surface area contributed by atoms with Gasteiger partial charge in [0, 0.05) is 37.4 Å². The molecule has 0 aromatic heterocycles. The van der Waals surface area contributed by atoms with Crippen LogP contribution in [0.15, 0.2) is 76.8 Å². The highest BCUT2D eigenvalue weighted by molar-refractivity contribution is 9.10. The van der Waals surface area contributed by atoms with E-state index in [0.29, 0.717) is 53.3 Å². The van der Waals surface area contributed by atoms with Crippen LogP contribution < -0.4 is 14.4 Å². The summed E-state index contributed by atoms with van der Waals surface area (Å²) < 4.78 is 12.1. The second-order valence-corrected chi connectivity index (χ2v) is 9.23. The Morgan fingerprint density at radius 2 is 1.73 bits per heavy atom. The molecule has 3 aromatic carbocycles. The van der Waals surface area contributed by atoms with Gasteiger partial charge in [-0.25, -0.2) is 0 Å². The average Bonchev–Trinajstić information content (AvgIpc) is 2.95. The normalized spacial score (nSPS) is 13.5. The quantitative estimate of drug-likeness (QED) is 0.295. The van der Waals surface area contributed by atoms with Crippen LogP contribution in [0.3, 0.4) is 0 Å². The minimum absolute atomic E-state index is 0.0544. The molecule has 0 radical (unpaired) electrons. The van der Waals surface area contributed by atoms with Crippen molar-refractivity contribution in [1.29, 1.82) is 10.5 Å². The number of carbonyl (C=O) groups excluding carboxylic acids is 1. The third-order valence-electron chi connectivity index (χ3n) is 6.11. The van der Waals surface area contributed by atoms with E-state index in [1.54, 1.807) is 35.2 Å². The van der Waals surface area contributed by atoms with Gasteiger partial charge in [0.15, 0.2) is 11.5 Å². The maximum absolute atomic E-state index is 13.1. The van der Waals surface area contributed by atoms with Crippen LogP contribution in [0.5, 0.6) is 11.5 Å². The molecular weight excluding hydrogens is 532 g/mol. The van der Waals surface area contributed by atoms with Crippen molar-refractivity contribution in [2.75, 3.05) is 38.2 Å². The van der Waals surface area contributed by atoms with Crippen LogP contribution in [-0.2, 0) is 11.4 Å². The Kier molecular flexibility index (Phi) is 8.45. The number of amides is 1. The summed E-state index contributed by atoms with van der Waals surface area (Å²) >= 11 is 3.52. The molecule has 7 nitrogen and oxygen atoms in total. The van der Waals surface area contributed by atoms with E-state index in [1.165, 1.54) is 7.11 Å². The van der Waals surface area contributed by atoms with E-state index < -0.39 is 0 Å². The van der Waals surface area contributed by atoms with Crippen LogP contribution in [-0.4, -0.2) is 44.1 Å². The van der Waals surface area contributed by atoms with Crippen LogP contribution in [0.25, 0.3) is 6.08 Å². The van der Waals surface area contributed by atoms with Gasteiger partial charge in [0.25, 0.3) is 5.91 Å². The lowest BCUT2D eigenvalue weighted by atomic mass is 10.1. The van der Waals surface area contributed by atoms with Crippen molar-refractivity contribution in [1.82, 2.24) is 4.90 Å². The summed E-state index contributed by atoms with van der Waals surface area (Å²) in [6, 6.07) is 25.0. The van der Waals surface area contributed by atoms with Crippen LogP contribution >= 0.6 is 15.9 Å². The number of carbonyl (C=O) groups is 1. The van der Waals surface area contributed by atoms with Gasteiger partial charge < -0.3 is 19.3 Å². The first-order valence-corrected chi connectivity index (χ1v) is 12.5. The number of hydrogen-bond acceptors (Lipinski definition) is 6. The number of para-hydroxylation sites is 1. The number of halogens is 1. The van der Waals surface area contributed by atoms with Crippen LogP contribution in [0.2, 0.25) is 0 Å². The zero-order valence-electron chi connectivity index (χ0n) is 20.4. The first kappa shape index (κ1) is 25.8. The summed E-state index contributed by atoms with van der Waals surface area (Å²) in [4.78, 5) is 17.1.